The molecule has 0 aromatic carbocycles. The summed E-state index contributed by atoms with van der Waals surface area (Å²) >= 11 is 0. The fourth-order valence-electron chi connectivity index (χ4n) is 7.16. The average molecular weight is 491 g/mol. The van der Waals surface area contributed by atoms with E-state index >= 15 is 0 Å². The summed E-state index contributed by atoms with van der Waals surface area (Å²) in [6.07, 6.45) is 8.40. The first-order chi connectivity index (χ1) is 16.9. The number of rotatable bonds is 10. The van der Waals surface area contributed by atoms with E-state index in [2.05, 4.69) is 6.58 Å². The van der Waals surface area contributed by atoms with Gasteiger partial charge in [0.1, 0.15) is 11.6 Å². The number of esters is 1. The Bertz CT molecular complexity index is 826. The first-order valence-corrected chi connectivity index (χ1v) is 13.5. The molecule has 3 aliphatic heterocycles. The van der Waals surface area contributed by atoms with E-state index in [-0.39, 0.29) is 37.0 Å². The number of aliphatic hydroxyl groups is 1. The van der Waals surface area contributed by atoms with Gasteiger partial charge in [-0.1, -0.05) is 45.6 Å². The second-order valence-electron chi connectivity index (χ2n) is 10.8. The van der Waals surface area contributed by atoms with Crippen molar-refractivity contribution in [2.24, 2.45) is 17.8 Å². The first kappa shape index (κ1) is 26.1. The number of amides is 2. The number of likely N-dealkylation sites (tertiary alicyclic amines) is 1. The molecule has 0 aromatic rings. The highest BCUT2D eigenvalue weighted by molar-refractivity contribution is 5.98. The third-order valence-corrected chi connectivity index (χ3v) is 9.00. The Morgan fingerprint density at radius 3 is 2.60 bits per heavy atom. The van der Waals surface area contributed by atoms with Gasteiger partial charge in [-0.3, -0.25) is 14.4 Å². The molecule has 8 heteroatoms. The maximum Gasteiger partial charge on any atom is 0.312 e. The fraction of sp³-hybridized carbons (Fsp3) is 0.815. The Morgan fingerprint density at radius 1 is 1.29 bits per heavy atom. The second-order valence-corrected chi connectivity index (χ2v) is 10.8. The number of hydrogen-bond acceptors (Lipinski definition) is 6. The van der Waals surface area contributed by atoms with Gasteiger partial charge in [0.25, 0.3) is 0 Å². The summed E-state index contributed by atoms with van der Waals surface area (Å²) < 4.78 is 11.9. The normalized spacial score (nSPS) is 33.9. The lowest BCUT2D eigenvalue weighted by Crippen LogP contribution is -2.61. The topological polar surface area (TPSA) is 96.4 Å². The number of aliphatic hydroxyl groups excluding tert-OH is 1. The molecule has 8 nitrogen and oxygen atoms in total. The first-order valence-electron chi connectivity index (χ1n) is 13.5. The standard InChI is InChI=1S/C27H42N2O6/c1-5-15-28(18-11-9-8-10-12-18)25(32)23-27-14-13-20(35-27)21(26(33)34-7-3)22(27)24(31)29(23)19(16-30)17(4)6-2/h5,17-23,30H,1,6-16H2,2-4H3/t17-,19-,20+,21-,22-,23?,27?/m0/s1. The van der Waals surface area contributed by atoms with E-state index < -0.39 is 41.6 Å². The molecule has 196 valence electrons. The molecule has 2 bridgehead atoms. The van der Waals surface area contributed by atoms with Gasteiger partial charge in [-0.2, -0.15) is 0 Å². The summed E-state index contributed by atoms with van der Waals surface area (Å²) in [5.74, 6) is -2.32. The third kappa shape index (κ3) is 4.20. The zero-order valence-electron chi connectivity index (χ0n) is 21.5. The van der Waals surface area contributed by atoms with Crippen molar-refractivity contribution in [3.63, 3.8) is 0 Å². The van der Waals surface area contributed by atoms with Gasteiger partial charge in [-0.25, -0.2) is 0 Å². The van der Waals surface area contributed by atoms with Crippen LogP contribution in [0.25, 0.3) is 0 Å². The minimum Gasteiger partial charge on any atom is -0.466 e. The summed E-state index contributed by atoms with van der Waals surface area (Å²) in [7, 11) is 0. The molecule has 0 radical (unpaired) electrons. The van der Waals surface area contributed by atoms with Crippen LogP contribution in [0.15, 0.2) is 12.7 Å². The van der Waals surface area contributed by atoms with Crippen molar-refractivity contribution >= 4 is 17.8 Å². The van der Waals surface area contributed by atoms with E-state index in [4.69, 9.17) is 9.47 Å². The molecule has 4 aliphatic rings. The van der Waals surface area contributed by atoms with Gasteiger partial charge < -0.3 is 24.4 Å². The van der Waals surface area contributed by atoms with Gasteiger partial charge in [0, 0.05) is 12.6 Å². The van der Waals surface area contributed by atoms with Crippen molar-refractivity contribution in [2.75, 3.05) is 19.8 Å². The van der Waals surface area contributed by atoms with E-state index in [1.165, 1.54) is 6.42 Å². The molecular formula is C27H42N2O6. The highest BCUT2D eigenvalue weighted by Crippen LogP contribution is 2.59. The van der Waals surface area contributed by atoms with Crippen LogP contribution in [0.2, 0.25) is 0 Å². The van der Waals surface area contributed by atoms with Crippen molar-refractivity contribution in [2.45, 2.75) is 102 Å². The summed E-state index contributed by atoms with van der Waals surface area (Å²) in [6.45, 7) is 10.0. The summed E-state index contributed by atoms with van der Waals surface area (Å²) in [6, 6.07) is -1.29. The van der Waals surface area contributed by atoms with Gasteiger partial charge in [0.15, 0.2) is 0 Å². The fourth-order valence-corrected chi connectivity index (χ4v) is 7.16. The molecule has 3 heterocycles. The number of ether oxygens (including phenoxy) is 2. The summed E-state index contributed by atoms with van der Waals surface area (Å²) in [5.41, 5.74) is -1.06. The average Bonchev–Trinajstić information content (AvgIpc) is 3.51. The van der Waals surface area contributed by atoms with Gasteiger partial charge in [-0.15, -0.1) is 6.58 Å². The lowest BCUT2D eigenvalue weighted by molar-refractivity contribution is -0.157. The van der Waals surface area contributed by atoms with Crippen LogP contribution >= 0.6 is 0 Å². The van der Waals surface area contributed by atoms with E-state index in [0.29, 0.717) is 19.4 Å². The Labute approximate surface area is 209 Å². The minimum absolute atomic E-state index is 0.0183. The molecule has 2 amide bonds. The minimum atomic E-state index is -1.06. The maximum absolute atomic E-state index is 14.5. The molecule has 3 saturated heterocycles. The van der Waals surface area contributed by atoms with E-state index in [1.807, 2.05) is 18.7 Å². The molecule has 1 aliphatic carbocycles. The Hall–Kier alpha value is -1.93. The number of nitrogens with zero attached hydrogens (tertiary/aromatic N) is 2. The molecule has 1 spiro atoms. The second kappa shape index (κ2) is 10.6. The van der Waals surface area contributed by atoms with Crippen LogP contribution in [0.3, 0.4) is 0 Å². The Balaban J connectivity index is 1.78. The molecule has 7 atom stereocenters. The highest BCUT2D eigenvalue weighted by Gasteiger charge is 2.75. The molecule has 0 aromatic heterocycles. The zero-order valence-corrected chi connectivity index (χ0v) is 21.5. The van der Waals surface area contributed by atoms with Gasteiger partial charge >= 0.3 is 5.97 Å². The van der Waals surface area contributed by atoms with Crippen LogP contribution in [0.4, 0.5) is 0 Å². The largest absolute Gasteiger partial charge is 0.466 e. The monoisotopic (exact) mass is 490 g/mol. The Kier molecular flexibility index (Phi) is 7.91. The van der Waals surface area contributed by atoms with Crippen LogP contribution < -0.4 is 0 Å². The lowest BCUT2D eigenvalue weighted by atomic mass is 9.70. The number of carbonyl (C=O) groups excluding carboxylic acids is 3. The van der Waals surface area contributed by atoms with Crippen molar-refractivity contribution < 1.29 is 29.0 Å². The SMILES string of the molecule is C=CCN(C(=O)C1N([C@@H](CO)[C@@H](C)CC)C(=O)[C@@H]2[C@@H](C(=O)OCC)[C@H]3CCC12O3)C1CCCCC1. The van der Waals surface area contributed by atoms with Crippen LogP contribution in [-0.2, 0) is 23.9 Å². The predicted molar refractivity (Wildman–Crippen MR) is 130 cm³/mol. The molecular weight excluding hydrogens is 448 g/mol. The molecule has 1 saturated carbocycles. The van der Waals surface area contributed by atoms with Gasteiger partial charge in [0.05, 0.1) is 37.2 Å². The lowest BCUT2D eigenvalue weighted by Gasteiger charge is -2.43. The number of hydrogen-bond donors (Lipinski definition) is 1. The Morgan fingerprint density at radius 2 is 2.00 bits per heavy atom. The van der Waals surface area contributed by atoms with Crippen LogP contribution in [-0.4, -0.2) is 82.3 Å². The van der Waals surface area contributed by atoms with E-state index in [9.17, 15) is 19.5 Å². The summed E-state index contributed by atoms with van der Waals surface area (Å²) in [5, 5.41) is 10.4. The quantitative estimate of drug-likeness (QED) is 0.374. The molecule has 4 rings (SSSR count). The maximum atomic E-state index is 14.5. The molecule has 35 heavy (non-hydrogen) atoms. The van der Waals surface area contributed by atoms with Crippen molar-refractivity contribution in [1.29, 1.82) is 0 Å². The number of fused-ring (bicyclic) bond motifs is 1. The molecule has 1 N–H and O–H groups in total. The number of carbonyl (C=O) groups is 3. The van der Waals surface area contributed by atoms with Gasteiger partial charge in [0.2, 0.25) is 11.8 Å². The predicted octanol–water partition coefficient (Wildman–Crippen LogP) is 2.68. The van der Waals surface area contributed by atoms with Gasteiger partial charge in [-0.05, 0) is 38.5 Å². The van der Waals surface area contributed by atoms with Crippen LogP contribution in [0.5, 0.6) is 0 Å². The third-order valence-electron chi connectivity index (χ3n) is 9.00. The molecule has 4 fully saturated rings. The summed E-state index contributed by atoms with van der Waals surface area (Å²) in [4.78, 5) is 45.0. The van der Waals surface area contributed by atoms with E-state index in [0.717, 1.165) is 32.1 Å². The van der Waals surface area contributed by atoms with Crippen molar-refractivity contribution in [3.8, 4) is 0 Å². The zero-order chi connectivity index (χ0) is 25.3. The van der Waals surface area contributed by atoms with Crippen molar-refractivity contribution in [1.82, 2.24) is 9.80 Å². The highest BCUT2D eigenvalue weighted by atomic mass is 16.6. The van der Waals surface area contributed by atoms with Crippen molar-refractivity contribution in [3.05, 3.63) is 12.7 Å². The smallest absolute Gasteiger partial charge is 0.312 e. The van der Waals surface area contributed by atoms with Crippen LogP contribution in [0.1, 0.15) is 72.1 Å². The van der Waals surface area contributed by atoms with Crippen LogP contribution in [0, 0.1) is 17.8 Å². The molecule has 2 unspecified atom stereocenters. The van der Waals surface area contributed by atoms with E-state index in [1.54, 1.807) is 17.9 Å².